The standard InChI is InChI=1S/C19H15Cl2N3O3/c1-10(16-13(20)3-2-4-14(16)21)27-18-17(22)23-9-15(24-18)11-5-7-12(8-6-11)19(25)26/h2-10H,1H3,(H2,22,23)(H,25,26). The number of nitrogens with zero attached hydrogens (tertiary/aromatic N) is 2. The fourth-order valence-corrected chi connectivity index (χ4v) is 3.22. The molecule has 0 bridgehead atoms. The van der Waals surface area contributed by atoms with Crippen molar-refractivity contribution in [1.82, 2.24) is 9.97 Å². The van der Waals surface area contributed by atoms with E-state index in [4.69, 9.17) is 38.8 Å². The highest BCUT2D eigenvalue weighted by molar-refractivity contribution is 6.36. The van der Waals surface area contributed by atoms with E-state index in [-0.39, 0.29) is 17.3 Å². The van der Waals surface area contributed by atoms with Crippen molar-refractivity contribution in [2.45, 2.75) is 13.0 Å². The Morgan fingerprint density at radius 3 is 2.37 bits per heavy atom. The van der Waals surface area contributed by atoms with Crippen LogP contribution in [0.5, 0.6) is 5.88 Å². The number of anilines is 1. The van der Waals surface area contributed by atoms with Gasteiger partial charge >= 0.3 is 5.97 Å². The molecule has 0 aliphatic rings. The van der Waals surface area contributed by atoms with Crippen LogP contribution >= 0.6 is 23.2 Å². The van der Waals surface area contributed by atoms with E-state index in [1.165, 1.54) is 18.3 Å². The van der Waals surface area contributed by atoms with Gasteiger partial charge < -0.3 is 15.6 Å². The van der Waals surface area contributed by atoms with Crippen LogP contribution in [0.2, 0.25) is 10.0 Å². The molecule has 3 rings (SSSR count). The van der Waals surface area contributed by atoms with E-state index >= 15 is 0 Å². The maximum Gasteiger partial charge on any atom is 0.335 e. The minimum absolute atomic E-state index is 0.121. The molecular formula is C19H15Cl2N3O3. The van der Waals surface area contributed by atoms with Crippen molar-refractivity contribution < 1.29 is 14.6 Å². The van der Waals surface area contributed by atoms with Gasteiger partial charge in [0.05, 0.1) is 17.5 Å². The van der Waals surface area contributed by atoms with Gasteiger partial charge in [-0.1, -0.05) is 41.4 Å². The van der Waals surface area contributed by atoms with Crippen LogP contribution in [-0.4, -0.2) is 21.0 Å². The number of carboxylic acids is 1. The first-order valence-corrected chi connectivity index (χ1v) is 8.69. The van der Waals surface area contributed by atoms with Gasteiger partial charge in [-0.05, 0) is 31.2 Å². The molecule has 0 radical (unpaired) electrons. The van der Waals surface area contributed by atoms with Crippen LogP contribution in [0.25, 0.3) is 11.3 Å². The maximum atomic E-state index is 11.0. The smallest absolute Gasteiger partial charge is 0.335 e. The summed E-state index contributed by atoms with van der Waals surface area (Å²) in [6.45, 7) is 1.78. The molecule has 1 heterocycles. The van der Waals surface area contributed by atoms with E-state index in [2.05, 4.69) is 9.97 Å². The highest BCUT2D eigenvalue weighted by Gasteiger charge is 2.18. The number of aromatic nitrogens is 2. The van der Waals surface area contributed by atoms with Crippen LogP contribution in [0.15, 0.2) is 48.7 Å². The summed E-state index contributed by atoms with van der Waals surface area (Å²) in [6, 6.07) is 11.4. The first-order chi connectivity index (χ1) is 12.9. The molecule has 1 unspecified atom stereocenters. The largest absolute Gasteiger partial charge is 0.478 e. The second-order valence-corrected chi connectivity index (χ2v) is 6.54. The van der Waals surface area contributed by atoms with E-state index in [9.17, 15) is 4.79 Å². The highest BCUT2D eigenvalue weighted by atomic mass is 35.5. The lowest BCUT2D eigenvalue weighted by Gasteiger charge is -2.18. The van der Waals surface area contributed by atoms with Crippen molar-refractivity contribution in [2.75, 3.05) is 5.73 Å². The Balaban J connectivity index is 1.90. The second kappa shape index (κ2) is 7.82. The normalized spacial score (nSPS) is 11.8. The number of halogens is 2. The Morgan fingerprint density at radius 1 is 1.15 bits per heavy atom. The lowest BCUT2D eigenvalue weighted by Crippen LogP contribution is -2.09. The summed E-state index contributed by atoms with van der Waals surface area (Å²) in [7, 11) is 0. The quantitative estimate of drug-likeness (QED) is 0.630. The topological polar surface area (TPSA) is 98.3 Å². The summed E-state index contributed by atoms with van der Waals surface area (Å²) in [5.74, 6) is -0.742. The second-order valence-electron chi connectivity index (χ2n) is 5.72. The van der Waals surface area contributed by atoms with Gasteiger partial charge in [0.15, 0.2) is 5.82 Å². The molecule has 0 aliphatic carbocycles. The minimum atomic E-state index is -1.00. The van der Waals surface area contributed by atoms with Gasteiger partial charge in [-0.2, -0.15) is 0 Å². The zero-order chi connectivity index (χ0) is 19.6. The number of hydrogen-bond acceptors (Lipinski definition) is 5. The Hall–Kier alpha value is -2.83. The fraction of sp³-hybridized carbons (Fsp3) is 0.105. The maximum absolute atomic E-state index is 11.0. The molecule has 8 heteroatoms. The van der Waals surface area contributed by atoms with Gasteiger partial charge in [-0.25, -0.2) is 14.8 Å². The number of carbonyl (C=O) groups is 1. The summed E-state index contributed by atoms with van der Waals surface area (Å²) >= 11 is 12.4. The third-order valence-corrected chi connectivity index (χ3v) is 4.55. The molecule has 0 fully saturated rings. The summed E-state index contributed by atoms with van der Waals surface area (Å²) in [5.41, 5.74) is 7.87. The molecule has 6 nitrogen and oxygen atoms in total. The molecular weight excluding hydrogens is 389 g/mol. The van der Waals surface area contributed by atoms with Crippen LogP contribution < -0.4 is 10.5 Å². The average molecular weight is 404 g/mol. The summed E-state index contributed by atoms with van der Waals surface area (Å²) < 4.78 is 5.86. The van der Waals surface area contributed by atoms with Crippen LogP contribution in [0.4, 0.5) is 5.82 Å². The molecule has 27 heavy (non-hydrogen) atoms. The van der Waals surface area contributed by atoms with E-state index in [1.54, 1.807) is 37.3 Å². The average Bonchev–Trinajstić information content (AvgIpc) is 2.63. The van der Waals surface area contributed by atoms with E-state index in [1.807, 2.05) is 0 Å². The number of nitrogens with two attached hydrogens (primary N) is 1. The number of nitrogen functional groups attached to an aromatic ring is 1. The van der Waals surface area contributed by atoms with E-state index in [0.717, 1.165) is 0 Å². The van der Waals surface area contributed by atoms with Crippen molar-refractivity contribution in [3.05, 3.63) is 69.8 Å². The lowest BCUT2D eigenvalue weighted by molar-refractivity contribution is 0.0697. The Morgan fingerprint density at radius 2 is 1.78 bits per heavy atom. The van der Waals surface area contributed by atoms with Gasteiger partial charge in [0.2, 0.25) is 0 Å². The summed E-state index contributed by atoms with van der Waals surface area (Å²) in [5, 5.41) is 9.94. The van der Waals surface area contributed by atoms with Gasteiger partial charge in [0.25, 0.3) is 5.88 Å². The lowest BCUT2D eigenvalue weighted by atomic mass is 10.1. The molecule has 0 aliphatic heterocycles. The Kier molecular flexibility index (Phi) is 5.48. The van der Waals surface area contributed by atoms with Crippen molar-refractivity contribution in [2.24, 2.45) is 0 Å². The Bertz CT molecular complexity index is 974. The number of aromatic carboxylic acids is 1. The molecule has 1 atom stereocenters. The zero-order valence-electron chi connectivity index (χ0n) is 14.2. The zero-order valence-corrected chi connectivity index (χ0v) is 15.7. The third kappa shape index (κ3) is 4.13. The first-order valence-electron chi connectivity index (χ1n) is 7.93. The molecule has 3 aromatic rings. The minimum Gasteiger partial charge on any atom is -0.478 e. The van der Waals surface area contributed by atoms with Crippen molar-refractivity contribution in [3.8, 4) is 17.1 Å². The van der Waals surface area contributed by atoms with E-state index in [0.29, 0.717) is 26.9 Å². The first kappa shape index (κ1) is 18.9. The number of rotatable bonds is 5. The van der Waals surface area contributed by atoms with Crippen molar-refractivity contribution in [3.63, 3.8) is 0 Å². The molecule has 1 aromatic heterocycles. The molecule has 0 saturated carbocycles. The van der Waals surface area contributed by atoms with Gasteiger partial charge in [-0.3, -0.25) is 0 Å². The summed E-state index contributed by atoms with van der Waals surface area (Å²) in [4.78, 5) is 19.5. The molecule has 0 spiro atoms. The Labute approximate surface area is 165 Å². The van der Waals surface area contributed by atoms with Gasteiger partial charge in [-0.15, -0.1) is 0 Å². The molecule has 0 saturated heterocycles. The fourth-order valence-electron chi connectivity index (χ4n) is 2.52. The monoisotopic (exact) mass is 403 g/mol. The molecule has 138 valence electrons. The van der Waals surface area contributed by atoms with Gasteiger partial charge in [0.1, 0.15) is 6.10 Å². The number of carboxylic acid groups (broad SMARTS) is 1. The van der Waals surface area contributed by atoms with Crippen LogP contribution in [0.1, 0.15) is 28.9 Å². The summed E-state index contributed by atoms with van der Waals surface area (Å²) in [6.07, 6.45) is 0.984. The third-order valence-electron chi connectivity index (χ3n) is 3.89. The van der Waals surface area contributed by atoms with Crippen molar-refractivity contribution in [1.29, 1.82) is 0 Å². The highest BCUT2D eigenvalue weighted by Crippen LogP contribution is 2.34. The van der Waals surface area contributed by atoms with Crippen LogP contribution in [0.3, 0.4) is 0 Å². The molecule has 2 aromatic carbocycles. The number of ether oxygens (including phenoxy) is 1. The van der Waals surface area contributed by atoms with Crippen LogP contribution in [0, 0.1) is 0 Å². The van der Waals surface area contributed by atoms with Gasteiger partial charge in [0, 0.05) is 21.2 Å². The molecule has 3 N–H and O–H groups in total. The number of hydrogen-bond donors (Lipinski definition) is 2. The van der Waals surface area contributed by atoms with Crippen LogP contribution in [-0.2, 0) is 0 Å². The number of benzene rings is 2. The predicted molar refractivity (Wildman–Crippen MR) is 104 cm³/mol. The van der Waals surface area contributed by atoms with E-state index < -0.39 is 12.1 Å². The SMILES string of the molecule is CC(Oc1nc(-c2ccc(C(=O)O)cc2)cnc1N)c1c(Cl)cccc1Cl. The predicted octanol–water partition coefficient (Wildman–Crippen LogP) is 4.87. The molecule has 0 amide bonds. The van der Waals surface area contributed by atoms with Crippen molar-refractivity contribution >= 4 is 35.0 Å².